The lowest BCUT2D eigenvalue weighted by Crippen LogP contribution is -2.01. The van der Waals surface area contributed by atoms with Crippen LogP contribution in [-0.2, 0) is 13.0 Å². The van der Waals surface area contributed by atoms with E-state index in [0.29, 0.717) is 18.8 Å². The molecule has 0 bridgehead atoms. The molecule has 128 valence electrons. The first-order chi connectivity index (χ1) is 12.8. The lowest BCUT2D eigenvalue weighted by Gasteiger charge is -2.10. The number of hydrogen-bond acceptors (Lipinski definition) is 4. The van der Waals surface area contributed by atoms with Gasteiger partial charge in [-0.25, -0.2) is 4.98 Å². The summed E-state index contributed by atoms with van der Waals surface area (Å²) in [6.45, 7) is 0.539. The van der Waals surface area contributed by atoms with E-state index in [2.05, 4.69) is 52.4 Å². The molecule has 0 aliphatic heterocycles. The zero-order valence-electron chi connectivity index (χ0n) is 14.3. The van der Waals surface area contributed by atoms with E-state index < -0.39 is 0 Å². The minimum Gasteiger partial charge on any atom is -0.489 e. The van der Waals surface area contributed by atoms with Crippen LogP contribution < -0.4 is 10.5 Å². The SMILES string of the molecule is Nc1nccnc1Cc1ccc(OCc2cccc3ccccc23)cc1. The first kappa shape index (κ1) is 16.1. The van der Waals surface area contributed by atoms with Crippen molar-refractivity contribution in [1.29, 1.82) is 0 Å². The van der Waals surface area contributed by atoms with Crippen LogP contribution in [0.1, 0.15) is 16.8 Å². The molecule has 0 unspecified atom stereocenters. The Balaban J connectivity index is 1.45. The van der Waals surface area contributed by atoms with Crippen molar-refractivity contribution in [3.8, 4) is 5.75 Å². The Morgan fingerprint density at radius 3 is 2.42 bits per heavy atom. The second-order valence-corrected chi connectivity index (χ2v) is 6.14. The summed E-state index contributed by atoms with van der Waals surface area (Å²) >= 11 is 0. The number of nitrogens with zero attached hydrogens (tertiary/aromatic N) is 2. The summed E-state index contributed by atoms with van der Waals surface area (Å²) in [5.41, 5.74) is 8.95. The molecule has 0 radical (unpaired) electrons. The number of fused-ring (bicyclic) bond motifs is 1. The van der Waals surface area contributed by atoms with Gasteiger partial charge in [-0.2, -0.15) is 0 Å². The smallest absolute Gasteiger partial charge is 0.145 e. The fraction of sp³-hybridized carbons (Fsp3) is 0.0909. The molecule has 1 aromatic heterocycles. The lowest BCUT2D eigenvalue weighted by molar-refractivity contribution is 0.307. The summed E-state index contributed by atoms with van der Waals surface area (Å²) in [6.07, 6.45) is 3.92. The van der Waals surface area contributed by atoms with E-state index in [4.69, 9.17) is 10.5 Å². The highest BCUT2D eigenvalue weighted by Gasteiger charge is 2.05. The molecule has 3 aromatic carbocycles. The largest absolute Gasteiger partial charge is 0.489 e. The van der Waals surface area contributed by atoms with Crippen LogP contribution in [0.4, 0.5) is 5.82 Å². The van der Waals surface area contributed by atoms with Crippen molar-refractivity contribution in [3.05, 3.63) is 95.9 Å². The fourth-order valence-corrected chi connectivity index (χ4v) is 2.99. The van der Waals surface area contributed by atoms with Gasteiger partial charge in [0.15, 0.2) is 0 Å². The van der Waals surface area contributed by atoms with Gasteiger partial charge in [0.2, 0.25) is 0 Å². The molecule has 26 heavy (non-hydrogen) atoms. The summed E-state index contributed by atoms with van der Waals surface area (Å²) < 4.78 is 5.98. The maximum Gasteiger partial charge on any atom is 0.145 e. The third-order valence-electron chi connectivity index (χ3n) is 4.38. The number of nitrogens with two attached hydrogens (primary N) is 1. The summed E-state index contributed by atoms with van der Waals surface area (Å²) in [5.74, 6) is 1.32. The van der Waals surface area contributed by atoms with Gasteiger partial charge in [0.25, 0.3) is 0 Å². The van der Waals surface area contributed by atoms with Gasteiger partial charge in [-0.1, -0.05) is 54.6 Å². The second kappa shape index (κ2) is 7.23. The molecule has 4 aromatic rings. The molecular weight excluding hydrogens is 322 g/mol. The summed E-state index contributed by atoms with van der Waals surface area (Å²) in [5, 5.41) is 2.45. The molecule has 4 nitrogen and oxygen atoms in total. The lowest BCUT2D eigenvalue weighted by atomic mass is 10.1. The van der Waals surface area contributed by atoms with E-state index in [9.17, 15) is 0 Å². The van der Waals surface area contributed by atoms with E-state index in [1.807, 2.05) is 24.3 Å². The van der Waals surface area contributed by atoms with Gasteiger partial charge >= 0.3 is 0 Å². The summed E-state index contributed by atoms with van der Waals surface area (Å²) in [4.78, 5) is 8.35. The van der Waals surface area contributed by atoms with Crippen LogP contribution in [0.2, 0.25) is 0 Å². The predicted molar refractivity (Wildman–Crippen MR) is 104 cm³/mol. The quantitative estimate of drug-likeness (QED) is 0.585. The van der Waals surface area contributed by atoms with Crippen molar-refractivity contribution in [3.63, 3.8) is 0 Å². The van der Waals surface area contributed by atoms with E-state index in [0.717, 1.165) is 17.0 Å². The zero-order valence-corrected chi connectivity index (χ0v) is 14.3. The minimum atomic E-state index is 0.476. The van der Waals surface area contributed by atoms with Crippen molar-refractivity contribution in [2.45, 2.75) is 13.0 Å². The average molecular weight is 341 g/mol. The molecule has 2 N–H and O–H groups in total. The van der Waals surface area contributed by atoms with Crippen LogP contribution in [0.15, 0.2) is 79.1 Å². The van der Waals surface area contributed by atoms with E-state index in [-0.39, 0.29) is 0 Å². The summed E-state index contributed by atoms with van der Waals surface area (Å²) in [6, 6.07) is 22.7. The van der Waals surface area contributed by atoms with E-state index in [1.165, 1.54) is 16.3 Å². The predicted octanol–water partition coefficient (Wildman–Crippen LogP) is 4.38. The fourth-order valence-electron chi connectivity index (χ4n) is 2.99. The molecule has 0 saturated carbocycles. The molecule has 0 aliphatic carbocycles. The van der Waals surface area contributed by atoms with Crippen molar-refractivity contribution >= 4 is 16.6 Å². The minimum absolute atomic E-state index is 0.476. The molecule has 0 atom stereocenters. The van der Waals surface area contributed by atoms with Gasteiger partial charge in [-0.05, 0) is 34.0 Å². The Labute approximate surface area is 152 Å². The van der Waals surface area contributed by atoms with Crippen molar-refractivity contribution < 1.29 is 4.74 Å². The van der Waals surface area contributed by atoms with Gasteiger partial charge in [0.1, 0.15) is 18.2 Å². The van der Waals surface area contributed by atoms with Gasteiger partial charge in [-0.15, -0.1) is 0 Å². The Bertz CT molecular complexity index is 1020. The number of ether oxygens (including phenoxy) is 1. The number of hydrogen-bond donors (Lipinski definition) is 1. The summed E-state index contributed by atoms with van der Waals surface area (Å²) in [7, 11) is 0. The van der Waals surface area contributed by atoms with Crippen molar-refractivity contribution in [2.75, 3.05) is 5.73 Å². The zero-order chi connectivity index (χ0) is 17.8. The third kappa shape index (κ3) is 3.49. The van der Waals surface area contributed by atoms with Crippen molar-refractivity contribution in [1.82, 2.24) is 9.97 Å². The van der Waals surface area contributed by atoms with Crippen LogP contribution in [0.5, 0.6) is 5.75 Å². The second-order valence-electron chi connectivity index (χ2n) is 6.14. The molecular formula is C22H19N3O. The Morgan fingerprint density at radius 1 is 0.808 bits per heavy atom. The topological polar surface area (TPSA) is 61.0 Å². The maximum atomic E-state index is 5.98. The maximum absolute atomic E-state index is 5.98. The molecule has 0 saturated heterocycles. The first-order valence-electron chi connectivity index (χ1n) is 8.53. The van der Waals surface area contributed by atoms with Gasteiger partial charge < -0.3 is 10.5 Å². The Kier molecular flexibility index (Phi) is 4.48. The number of rotatable bonds is 5. The Hall–Kier alpha value is -3.40. The van der Waals surface area contributed by atoms with Crippen LogP contribution >= 0.6 is 0 Å². The van der Waals surface area contributed by atoms with Crippen LogP contribution in [0, 0.1) is 0 Å². The highest BCUT2D eigenvalue weighted by atomic mass is 16.5. The normalized spacial score (nSPS) is 10.8. The Morgan fingerprint density at radius 2 is 1.58 bits per heavy atom. The number of nitrogen functional groups attached to an aromatic ring is 1. The third-order valence-corrected chi connectivity index (χ3v) is 4.38. The molecule has 4 heteroatoms. The van der Waals surface area contributed by atoms with E-state index >= 15 is 0 Å². The van der Waals surface area contributed by atoms with E-state index in [1.54, 1.807) is 12.4 Å². The highest BCUT2D eigenvalue weighted by molar-refractivity contribution is 5.85. The number of aromatic nitrogens is 2. The van der Waals surface area contributed by atoms with Gasteiger partial charge in [0, 0.05) is 18.8 Å². The standard InChI is InChI=1S/C22H19N3O/c23-22-21(24-12-13-25-22)14-16-8-10-19(11-9-16)26-15-18-6-3-5-17-4-1-2-7-20(17)18/h1-13H,14-15H2,(H2,23,25). The molecule has 0 spiro atoms. The molecule has 1 heterocycles. The average Bonchev–Trinajstić information content (AvgIpc) is 2.69. The first-order valence-corrected chi connectivity index (χ1v) is 8.53. The van der Waals surface area contributed by atoms with Crippen molar-refractivity contribution in [2.24, 2.45) is 0 Å². The molecule has 0 aliphatic rings. The van der Waals surface area contributed by atoms with Crippen LogP contribution in [0.25, 0.3) is 10.8 Å². The molecule has 0 fully saturated rings. The van der Waals surface area contributed by atoms with Gasteiger partial charge in [-0.3, -0.25) is 4.98 Å². The van der Waals surface area contributed by atoms with Crippen LogP contribution in [0.3, 0.4) is 0 Å². The number of benzene rings is 3. The monoisotopic (exact) mass is 341 g/mol. The highest BCUT2D eigenvalue weighted by Crippen LogP contribution is 2.21. The number of anilines is 1. The molecule has 4 rings (SSSR count). The van der Waals surface area contributed by atoms with Crippen LogP contribution in [-0.4, -0.2) is 9.97 Å². The van der Waals surface area contributed by atoms with Gasteiger partial charge in [0.05, 0.1) is 5.69 Å². The molecule has 0 amide bonds.